The van der Waals surface area contributed by atoms with Crippen LogP contribution in [0, 0.1) is 10.1 Å². The largest absolute Gasteiger partial charge is 0.804 e. The van der Waals surface area contributed by atoms with E-state index in [9.17, 15) is 10.1 Å². The smallest absolute Gasteiger partial charge is 0.286 e. The monoisotopic (exact) mass is 196 g/mol. The summed E-state index contributed by atoms with van der Waals surface area (Å²) in [5.41, 5.74) is 0.576. The third kappa shape index (κ3) is 1.15. The summed E-state index contributed by atoms with van der Waals surface area (Å²) in [5, 5.41) is 11.2. The molecular formula is C8H5ClN2O2. The number of para-hydroxylation sites is 2. The predicted molar refractivity (Wildman–Crippen MR) is 49.1 cm³/mol. The van der Waals surface area contributed by atoms with Crippen LogP contribution >= 0.6 is 11.6 Å². The summed E-state index contributed by atoms with van der Waals surface area (Å²) in [7, 11) is 0. The fourth-order valence-corrected chi connectivity index (χ4v) is 1.34. The minimum absolute atomic E-state index is 0.131. The van der Waals surface area contributed by atoms with Crippen molar-refractivity contribution in [3.63, 3.8) is 0 Å². The normalized spacial score (nSPS) is 10.5. The number of hydrogen-bond acceptors (Lipinski definition) is 2. The number of rotatable bonds is 0. The van der Waals surface area contributed by atoms with E-state index in [-0.39, 0.29) is 10.7 Å². The van der Waals surface area contributed by atoms with E-state index in [1.807, 2.05) is 0 Å². The Hall–Kier alpha value is -1.55. The third-order valence-corrected chi connectivity index (χ3v) is 2.01. The number of halogens is 1. The second-order valence-corrected chi connectivity index (χ2v) is 2.95. The number of hydrogen-bond donors (Lipinski definition) is 0. The van der Waals surface area contributed by atoms with Crippen LogP contribution in [0.15, 0.2) is 30.5 Å². The van der Waals surface area contributed by atoms with E-state index in [1.165, 1.54) is 0 Å². The fraction of sp³-hybridized carbons (Fsp3) is 0. The maximum absolute atomic E-state index is 11.3. The van der Waals surface area contributed by atoms with Crippen molar-refractivity contribution in [1.82, 2.24) is 4.73 Å². The molecule has 0 amide bonds. The summed E-state index contributed by atoms with van der Waals surface area (Å²) in [5.74, 6) is 0. The number of benzene rings is 1. The van der Waals surface area contributed by atoms with Crippen LogP contribution in [0.1, 0.15) is 0 Å². The third-order valence-electron chi connectivity index (χ3n) is 1.76. The maximum Gasteiger partial charge on any atom is 0.286 e. The lowest BCUT2D eigenvalue weighted by atomic mass is 10.3. The Balaban J connectivity index is 3.06. The van der Waals surface area contributed by atoms with Gasteiger partial charge < -0.3 is 9.94 Å². The van der Waals surface area contributed by atoms with E-state index in [0.717, 1.165) is 6.20 Å². The zero-order chi connectivity index (χ0) is 9.42. The highest BCUT2D eigenvalue weighted by Gasteiger charge is 2.08. The van der Waals surface area contributed by atoms with Gasteiger partial charge in [0.2, 0.25) is 0 Å². The molecule has 0 atom stereocenters. The molecule has 13 heavy (non-hydrogen) atoms. The van der Waals surface area contributed by atoms with Gasteiger partial charge in [-0.25, -0.2) is 0 Å². The molecule has 0 saturated carbocycles. The lowest BCUT2D eigenvalue weighted by molar-refractivity contribution is -0.464. The van der Waals surface area contributed by atoms with Crippen molar-refractivity contribution in [3.8, 4) is 0 Å². The number of aromatic nitrogens is 2. The molecule has 4 nitrogen and oxygen atoms in total. The second-order valence-electron chi connectivity index (χ2n) is 2.56. The van der Waals surface area contributed by atoms with Crippen LogP contribution in [-0.2, 0) is 0 Å². The van der Waals surface area contributed by atoms with E-state index in [1.54, 1.807) is 24.3 Å². The Morgan fingerprint density at radius 1 is 1.38 bits per heavy atom. The average Bonchev–Trinajstić information content (AvgIpc) is 2.15. The molecule has 1 aromatic carbocycles. The molecule has 2 aromatic rings. The van der Waals surface area contributed by atoms with Crippen molar-refractivity contribution < 1.29 is 4.43 Å². The first-order valence-electron chi connectivity index (χ1n) is 3.60. The van der Waals surface area contributed by atoms with Gasteiger partial charge in [-0.15, -0.1) is 0 Å². The lowest BCUT2D eigenvalue weighted by Gasteiger charge is -2.11. The Bertz CT molecular complexity index is 521. The molecule has 0 aliphatic rings. The van der Waals surface area contributed by atoms with Crippen LogP contribution in [0.2, 0.25) is 5.15 Å². The second kappa shape index (κ2) is 2.74. The van der Waals surface area contributed by atoms with Crippen molar-refractivity contribution in [2.75, 3.05) is 0 Å². The van der Waals surface area contributed by atoms with Gasteiger partial charge >= 0.3 is 0 Å². The van der Waals surface area contributed by atoms with Crippen LogP contribution in [0.3, 0.4) is 0 Å². The molecule has 2 rings (SSSR count). The van der Waals surface area contributed by atoms with Gasteiger partial charge in [0.05, 0.1) is 4.43 Å². The van der Waals surface area contributed by atoms with Crippen LogP contribution in [-0.4, -0.2) is 4.73 Å². The Kier molecular flexibility index (Phi) is 1.70. The SMILES string of the molecule is O=[n+]1cc(Cl)n([O-])c2ccccc21. The van der Waals surface area contributed by atoms with Crippen LogP contribution in [0.4, 0.5) is 0 Å². The number of fused-ring (bicyclic) bond motifs is 1. The predicted octanol–water partition coefficient (Wildman–Crippen LogP) is 1.56. The van der Waals surface area contributed by atoms with E-state index >= 15 is 0 Å². The van der Waals surface area contributed by atoms with Gasteiger partial charge in [0.25, 0.3) is 11.7 Å². The van der Waals surface area contributed by atoms with Gasteiger partial charge in [-0.3, -0.25) is 0 Å². The highest BCUT2D eigenvalue weighted by atomic mass is 35.5. The first kappa shape index (κ1) is 8.07. The highest BCUT2D eigenvalue weighted by Crippen LogP contribution is 2.13. The molecule has 0 fully saturated rings. The Morgan fingerprint density at radius 2 is 2.08 bits per heavy atom. The molecule has 66 valence electrons. The van der Waals surface area contributed by atoms with E-state index in [4.69, 9.17) is 11.6 Å². The van der Waals surface area contributed by atoms with Crippen molar-refractivity contribution >= 4 is 22.6 Å². The van der Waals surface area contributed by atoms with Gasteiger partial charge in [0, 0.05) is 11.0 Å². The topological polar surface area (TPSA) is 51.0 Å². The first-order chi connectivity index (χ1) is 6.20. The summed E-state index contributed by atoms with van der Waals surface area (Å²) in [6, 6.07) is 6.47. The average molecular weight is 197 g/mol. The van der Waals surface area contributed by atoms with Crippen LogP contribution in [0.5, 0.6) is 0 Å². The van der Waals surface area contributed by atoms with Crippen LogP contribution in [0.25, 0.3) is 11.0 Å². The van der Waals surface area contributed by atoms with Gasteiger partial charge in [-0.2, -0.15) is 0 Å². The summed E-state index contributed by atoms with van der Waals surface area (Å²) in [6.07, 6.45) is 1.04. The van der Waals surface area contributed by atoms with Crippen molar-refractivity contribution in [2.45, 2.75) is 0 Å². The minimum Gasteiger partial charge on any atom is -0.804 e. The molecular weight excluding hydrogens is 192 g/mol. The molecule has 0 unspecified atom stereocenters. The molecule has 0 N–H and O–H groups in total. The first-order valence-corrected chi connectivity index (χ1v) is 3.98. The minimum atomic E-state index is -0.131. The molecule has 0 bridgehead atoms. The summed E-state index contributed by atoms with van der Waals surface area (Å²) in [6.45, 7) is 0. The zero-order valence-corrected chi connectivity index (χ0v) is 7.23. The molecule has 0 radical (unpaired) electrons. The highest BCUT2D eigenvalue weighted by molar-refractivity contribution is 6.29. The maximum atomic E-state index is 11.3. The van der Waals surface area contributed by atoms with E-state index in [2.05, 4.69) is 0 Å². The van der Waals surface area contributed by atoms with E-state index in [0.29, 0.717) is 14.7 Å². The van der Waals surface area contributed by atoms with Gasteiger partial charge in [0.15, 0.2) is 5.15 Å². The van der Waals surface area contributed by atoms with Crippen molar-refractivity contribution in [3.05, 3.63) is 45.7 Å². The zero-order valence-electron chi connectivity index (χ0n) is 6.48. The molecule has 0 aliphatic carbocycles. The number of nitrogens with zero attached hydrogens (tertiary/aromatic N) is 2. The van der Waals surface area contributed by atoms with Gasteiger partial charge in [-0.05, 0) is 6.07 Å². The van der Waals surface area contributed by atoms with Gasteiger partial charge in [-0.1, -0.05) is 23.7 Å². The Labute approximate surface area is 78.2 Å². The molecule has 0 saturated heterocycles. The fourth-order valence-electron chi connectivity index (χ4n) is 1.16. The summed E-state index contributed by atoms with van der Waals surface area (Å²) >= 11 is 5.52. The molecule has 0 spiro atoms. The lowest BCUT2D eigenvalue weighted by Crippen LogP contribution is -2.17. The van der Waals surface area contributed by atoms with E-state index < -0.39 is 0 Å². The molecule has 1 heterocycles. The quantitative estimate of drug-likeness (QED) is 0.601. The van der Waals surface area contributed by atoms with Gasteiger partial charge in [0.1, 0.15) is 5.52 Å². The summed E-state index contributed by atoms with van der Waals surface area (Å²) in [4.78, 5) is 11.2. The summed E-state index contributed by atoms with van der Waals surface area (Å²) < 4.78 is 1.09. The molecule has 1 aromatic heterocycles. The van der Waals surface area contributed by atoms with Crippen LogP contribution < -0.4 is 4.43 Å². The molecule has 5 heteroatoms. The standard InChI is InChI=1S/C8H5ClN2O2/c9-8-5-10(12)6-3-1-2-4-7(6)11(8)13/h1-5H. The Morgan fingerprint density at radius 3 is 2.85 bits per heavy atom. The van der Waals surface area contributed by atoms with Crippen molar-refractivity contribution in [2.24, 2.45) is 0 Å². The van der Waals surface area contributed by atoms with Crippen molar-refractivity contribution in [1.29, 1.82) is 0 Å². The molecule has 0 aliphatic heterocycles.